The molecule has 1 aromatic rings. The van der Waals surface area contributed by atoms with Crippen molar-refractivity contribution in [2.45, 2.75) is 19.9 Å². The minimum absolute atomic E-state index is 0.290. The molecular weight excluding hydrogens is 238 g/mol. The van der Waals surface area contributed by atoms with Gasteiger partial charge in [-0.3, -0.25) is 9.59 Å². The number of anilines is 1. The number of hydrogen-bond donors (Lipinski definition) is 2. The number of ether oxygens (including phenoxy) is 2. The normalized spacial score (nSPS) is 11.5. The largest absolute Gasteiger partial charge is 0.493 e. The zero-order valence-corrected chi connectivity index (χ0v) is 10.4. The van der Waals surface area contributed by atoms with E-state index >= 15 is 0 Å². The first-order chi connectivity index (χ1) is 8.43. The third-order valence-corrected chi connectivity index (χ3v) is 2.17. The minimum Gasteiger partial charge on any atom is -0.493 e. The monoisotopic (exact) mass is 253 g/mol. The highest BCUT2D eigenvalue weighted by Gasteiger charge is 2.12. The van der Waals surface area contributed by atoms with Crippen molar-refractivity contribution >= 4 is 17.6 Å². The maximum atomic E-state index is 10.9. The molecule has 0 aromatic heterocycles. The summed E-state index contributed by atoms with van der Waals surface area (Å²) in [6.45, 7) is 2.81. The van der Waals surface area contributed by atoms with E-state index in [1.165, 1.54) is 27.0 Å². The Kier molecular flexibility index (Phi) is 4.53. The van der Waals surface area contributed by atoms with Crippen molar-refractivity contribution < 1.29 is 24.2 Å². The second-order valence-corrected chi connectivity index (χ2v) is 3.66. The fourth-order valence-electron chi connectivity index (χ4n) is 1.31. The van der Waals surface area contributed by atoms with Crippen LogP contribution in [0, 0.1) is 0 Å². The van der Waals surface area contributed by atoms with E-state index in [4.69, 9.17) is 14.6 Å². The quantitative estimate of drug-likeness (QED) is 0.611. The van der Waals surface area contributed by atoms with Crippen LogP contribution in [0.2, 0.25) is 0 Å². The van der Waals surface area contributed by atoms with Crippen LogP contribution in [0.3, 0.4) is 0 Å². The fourth-order valence-corrected chi connectivity index (χ4v) is 1.31. The van der Waals surface area contributed by atoms with Crippen molar-refractivity contribution in [2.24, 2.45) is 0 Å². The molecule has 1 rings (SSSR count). The van der Waals surface area contributed by atoms with E-state index in [1.54, 1.807) is 12.1 Å². The van der Waals surface area contributed by atoms with Gasteiger partial charge in [0, 0.05) is 18.7 Å². The Labute approximate surface area is 105 Å². The molecule has 0 aliphatic rings. The highest BCUT2D eigenvalue weighted by atomic mass is 16.6. The smallest absolute Gasteiger partial charge is 0.325 e. The van der Waals surface area contributed by atoms with Gasteiger partial charge in [0.05, 0.1) is 7.11 Å². The average Bonchev–Trinajstić information content (AvgIpc) is 2.30. The molecule has 6 nitrogen and oxygen atoms in total. The molecule has 2 N–H and O–H groups in total. The third kappa shape index (κ3) is 3.65. The lowest BCUT2D eigenvalue weighted by Gasteiger charge is -2.13. The summed E-state index contributed by atoms with van der Waals surface area (Å²) in [5.41, 5.74) is 0.567. The van der Waals surface area contributed by atoms with Crippen molar-refractivity contribution in [2.75, 3.05) is 12.4 Å². The van der Waals surface area contributed by atoms with E-state index in [0.717, 1.165) is 0 Å². The highest BCUT2D eigenvalue weighted by Crippen LogP contribution is 2.30. The Morgan fingerprint density at radius 3 is 2.50 bits per heavy atom. The highest BCUT2D eigenvalue weighted by molar-refractivity contribution is 5.77. The predicted molar refractivity (Wildman–Crippen MR) is 65.0 cm³/mol. The number of methoxy groups -OCH3 is 1. The Morgan fingerprint density at radius 2 is 2.00 bits per heavy atom. The number of nitrogens with one attached hydrogen (secondary N) is 1. The topological polar surface area (TPSA) is 84.9 Å². The molecule has 0 spiro atoms. The summed E-state index contributed by atoms with van der Waals surface area (Å²) >= 11 is 0. The van der Waals surface area contributed by atoms with Gasteiger partial charge >= 0.3 is 11.9 Å². The maximum absolute atomic E-state index is 10.9. The number of carboxylic acid groups (broad SMARTS) is 1. The molecule has 6 heteroatoms. The Hall–Kier alpha value is -2.24. The van der Waals surface area contributed by atoms with Crippen LogP contribution in [0.1, 0.15) is 13.8 Å². The predicted octanol–water partition coefficient (Wildman–Crippen LogP) is 1.51. The SMILES string of the molecule is COc1cc(N[C@@H](C)C(=O)O)ccc1OC(C)=O. The molecule has 0 saturated heterocycles. The molecule has 18 heavy (non-hydrogen) atoms. The van der Waals surface area contributed by atoms with Crippen LogP contribution in [0.4, 0.5) is 5.69 Å². The first-order valence-corrected chi connectivity index (χ1v) is 5.30. The molecule has 0 fully saturated rings. The van der Waals surface area contributed by atoms with Crippen molar-refractivity contribution in [3.8, 4) is 11.5 Å². The standard InChI is InChI=1S/C12H15NO5/c1-7(12(15)16)13-9-4-5-10(18-8(2)14)11(6-9)17-3/h4-7,13H,1-3H3,(H,15,16)/t7-/m0/s1. The molecule has 1 atom stereocenters. The van der Waals surface area contributed by atoms with Crippen molar-refractivity contribution in [3.63, 3.8) is 0 Å². The Morgan fingerprint density at radius 1 is 1.33 bits per heavy atom. The lowest BCUT2D eigenvalue weighted by Crippen LogP contribution is -2.25. The van der Waals surface area contributed by atoms with Gasteiger partial charge in [-0.15, -0.1) is 0 Å². The summed E-state index contributed by atoms with van der Waals surface area (Å²) in [7, 11) is 1.44. The van der Waals surface area contributed by atoms with Crippen LogP contribution in [-0.2, 0) is 9.59 Å². The lowest BCUT2D eigenvalue weighted by molar-refractivity contribution is -0.137. The first-order valence-electron chi connectivity index (χ1n) is 5.30. The summed E-state index contributed by atoms with van der Waals surface area (Å²) < 4.78 is 10.00. The van der Waals surface area contributed by atoms with Gasteiger partial charge in [0.25, 0.3) is 0 Å². The van der Waals surface area contributed by atoms with Crippen molar-refractivity contribution in [1.29, 1.82) is 0 Å². The number of carbonyl (C=O) groups is 2. The number of benzene rings is 1. The summed E-state index contributed by atoms with van der Waals surface area (Å²) in [6, 6.07) is 3.99. The van der Waals surface area contributed by atoms with Gasteiger partial charge in [-0.05, 0) is 19.1 Å². The van der Waals surface area contributed by atoms with Gasteiger partial charge < -0.3 is 19.9 Å². The van der Waals surface area contributed by atoms with E-state index < -0.39 is 18.0 Å². The average molecular weight is 253 g/mol. The number of rotatable bonds is 5. The van der Waals surface area contributed by atoms with Gasteiger partial charge in [0.15, 0.2) is 11.5 Å². The third-order valence-electron chi connectivity index (χ3n) is 2.17. The van der Waals surface area contributed by atoms with Gasteiger partial charge in [0.1, 0.15) is 6.04 Å². The van der Waals surface area contributed by atoms with E-state index in [9.17, 15) is 9.59 Å². The molecule has 1 aromatic carbocycles. The zero-order chi connectivity index (χ0) is 13.7. The van der Waals surface area contributed by atoms with Gasteiger partial charge in [-0.25, -0.2) is 0 Å². The Bertz CT molecular complexity index is 458. The van der Waals surface area contributed by atoms with E-state index in [2.05, 4.69) is 5.32 Å². The maximum Gasteiger partial charge on any atom is 0.325 e. The van der Waals surface area contributed by atoms with E-state index in [-0.39, 0.29) is 0 Å². The summed E-state index contributed by atoms with van der Waals surface area (Å²) in [5.74, 6) is -0.766. The molecule has 0 bridgehead atoms. The van der Waals surface area contributed by atoms with Crippen LogP contribution in [-0.4, -0.2) is 30.2 Å². The second-order valence-electron chi connectivity index (χ2n) is 3.66. The van der Waals surface area contributed by atoms with Crippen LogP contribution in [0.15, 0.2) is 18.2 Å². The lowest BCUT2D eigenvalue weighted by atomic mass is 10.2. The molecule has 0 aliphatic heterocycles. The molecular formula is C12H15NO5. The molecule has 0 saturated carbocycles. The molecule has 0 unspecified atom stereocenters. The van der Waals surface area contributed by atoms with Gasteiger partial charge in [0.2, 0.25) is 0 Å². The summed E-state index contributed by atoms with van der Waals surface area (Å²) in [5, 5.41) is 11.6. The molecule has 98 valence electrons. The van der Waals surface area contributed by atoms with E-state index in [1.807, 2.05) is 0 Å². The fraction of sp³-hybridized carbons (Fsp3) is 0.333. The van der Waals surface area contributed by atoms with Crippen LogP contribution in [0.5, 0.6) is 11.5 Å². The first kappa shape index (κ1) is 13.8. The van der Waals surface area contributed by atoms with Crippen molar-refractivity contribution in [1.82, 2.24) is 0 Å². The number of carboxylic acids is 1. The molecule has 0 heterocycles. The minimum atomic E-state index is -0.960. The van der Waals surface area contributed by atoms with Crippen LogP contribution in [0.25, 0.3) is 0 Å². The Balaban J connectivity index is 2.91. The van der Waals surface area contributed by atoms with Crippen molar-refractivity contribution in [3.05, 3.63) is 18.2 Å². The number of carbonyl (C=O) groups excluding carboxylic acids is 1. The summed E-state index contributed by atoms with van der Waals surface area (Å²) in [4.78, 5) is 21.6. The van der Waals surface area contributed by atoms with Crippen LogP contribution < -0.4 is 14.8 Å². The summed E-state index contributed by atoms with van der Waals surface area (Å²) in [6.07, 6.45) is 0. The van der Waals surface area contributed by atoms with E-state index in [0.29, 0.717) is 17.2 Å². The van der Waals surface area contributed by atoms with Gasteiger partial charge in [-0.1, -0.05) is 0 Å². The number of hydrogen-bond acceptors (Lipinski definition) is 5. The van der Waals surface area contributed by atoms with Gasteiger partial charge in [-0.2, -0.15) is 0 Å². The number of aliphatic carboxylic acids is 1. The molecule has 0 aliphatic carbocycles. The zero-order valence-electron chi connectivity index (χ0n) is 10.4. The second kappa shape index (κ2) is 5.90. The number of esters is 1. The molecule has 0 radical (unpaired) electrons. The van der Waals surface area contributed by atoms with Crippen LogP contribution >= 0.6 is 0 Å². The molecule has 0 amide bonds.